The highest BCUT2D eigenvalue weighted by molar-refractivity contribution is 5.07. The van der Waals surface area contributed by atoms with E-state index in [-0.39, 0.29) is 5.54 Å². The van der Waals surface area contributed by atoms with E-state index >= 15 is 0 Å². The van der Waals surface area contributed by atoms with Crippen molar-refractivity contribution in [3.05, 3.63) is 0 Å². The summed E-state index contributed by atoms with van der Waals surface area (Å²) >= 11 is 0. The average Bonchev–Trinajstić information content (AvgIpc) is 3.19. The maximum Gasteiger partial charge on any atom is 0.0473 e. The Morgan fingerprint density at radius 2 is 1.90 bits per heavy atom. The fourth-order valence-corrected chi connectivity index (χ4v) is 4.53. The third kappa shape index (κ3) is 2.77. The van der Waals surface area contributed by atoms with Crippen LogP contribution in [0.2, 0.25) is 0 Å². The predicted molar refractivity (Wildman–Crippen MR) is 84.8 cm³/mol. The molecule has 3 aliphatic rings. The maximum absolute atomic E-state index is 6.29. The lowest BCUT2D eigenvalue weighted by molar-refractivity contribution is 0.0978. The van der Waals surface area contributed by atoms with Crippen LogP contribution in [0.1, 0.15) is 59.3 Å². The Kier molecular flexibility index (Phi) is 3.89. The Labute approximate surface area is 124 Å². The SMILES string of the molecule is CC1CC(CN)(N2CCCC(C)(C)CC2)CN1C1CC1. The first kappa shape index (κ1) is 14.8. The molecule has 2 saturated heterocycles. The molecule has 3 heteroatoms. The van der Waals surface area contributed by atoms with Crippen molar-refractivity contribution in [3.8, 4) is 0 Å². The van der Waals surface area contributed by atoms with Crippen LogP contribution in [-0.4, -0.2) is 53.6 Å². The zero-order valence-corrected chi connectivity index (χ0v) is 13.7. The van der Waals surface area contributed by atoms with E-state index in [0.717, 1.165) is 18.6 Å². The lowest BCUT2D eigenvalue weighted by Gasteiger charge is -2.40. The van der Waals surface area contributed by atoms with Gasteiger partial charge in [0, 0.05) is 30.7 Å². The molecule has 3 nitrogen and oxygen atoms in total. The molecule has 2 unspecified atom stereocenters. The molecule has 0 aromatic heterocycles. The Morgan fingerprint density at radius 3 is 2.55 bits per heavy atom. The van der Waals surface area contributed by atoms with Crippen molar-refractivity contribution in [1.29, 1.82) is 0 Å². The lowest BCUT2D eigenvalue weighted by Crippen LogP contribution is -2.56. The molecule has 2 N–H and O–H groups in total. The minimum atomic E-state index is 0.266. The van der Waals surface area contributed by atoms with E-state index < -0.39 is 0 Å². The molecule has 2 heterocycles. The topological polar surface area (TPSA) is 32.5 Å². The summed E-state index contributed by atoms with van der Waals surface area (Å²) < 4.78 is 0. The van der Waals surface area contributed by atoms with Crippen molar-refractivity contribution in [2.24, 2.45) is 11.1 Å². The highest BCUT2D eigenvalue weighted by Crippen LogP contribution is 2.41. The summed E-state index contributed by atoms with van der Waals surface area (Å²) in [6.45, 7) is 11.8. The monoisotopic (exact) mass is 279 g/mol. The van der Waals surface area contributed by atoms with Crippen molar-refractivity contribution in [2.45, 2.75) is 76.9 Å². The Bertz CT molecular complexity index is 350. The van der Waals surface area contributed by atoms with Gasteiger partial charge in [-0.25, -0.2) is 0 Å². The van der Waals surface area contributed by atoms with E-state index in [9.17, 15) is 0 Å². The Balaban J connectivity index is 1.72. The zero-order chi connectivity index (χ0) is 14.4. The Morgan fingerprint density at radius 1 is 1.15 bits per heavy atom. The number of nitrogens with two attached hydrogens (primary N) is 1. The first-order valence-corrected chi connectivity index (χ1v) is 8.67. The van der Waals surface area contributed by atoms with Crippen LogP contribution in [0.4, 0.5) is 0 Å². The van der Waals surface area contributed by atoms with Crippen molar-refractivity contribution in [2.75, 3.05) is 26.2 Å². The van der Waals surface area contributed by atoms with Gasteiger partial charge in [-0.1, -0.05) is 13.8 Å². The zero-order valence-electron chi connectivity index (χ0n) is 13.7. The van der Waals surface area contributed by atoms with E-state index in [1.54, 1.807) is 0 Å². The molecule has 3 fully saturated rings. The number of hydrogen-bond acceptors (Lipinski definition) is 3. The molecule has 2 atom stereocenters. The second-order valence-electron chi connectivity index (χ2n) is 8.39. The molecule has 116 valence electrons. The van der Waals surface area contributed by atoms with Crippen LogP contribution < -0.4 is 5.73 Å². The van der Waals surface area contributed by atoms with E-state index in [1.165, 1.54) is 58.2 Å². The normalized spacial score (nSPS) is 39.9. The van der Waals surface area contributed by atoms with Gasteiger partial charge in [0.2, 0.25) is 0 Å². The molecular weight excluding hydrogens is 246 g/mol. The lowest BCUT2D eigenvalue weighted by atomic mass is 9.85. The molecule has 20 heavy (non-hydrogen) atoms. The van der Waals surface area contributed by atoms with Crippen molar-refractivity contribution >= 4 is 0 Å². The van der Waals surface area contributed by atoms with Crippen LogP contribution in [0, 0.1) is 5.41 Å². The maximum atomic E-state index is 6.29. The number of likely N-dealkylation sites (tertiary alicyclic amines) is 2. The molecule has 0 aromatic rings. The second kappa shape index (κ2) is 5.26. The molecule has 3 rings (SSSR count). The van der Waals surface area contributed by atoms with Gasteiger partial charge in [0.05, 0.1) is 0 Å². The van der Waals surface area contributed by atoms with E-state index in [4.69, 9.17) is 5.73 Å². The molecule has 0 spiro atoms. The van der Waals surface area contributed by atoms with Gasteiger partial charge in [-0.05, 0) is 64.0 Å². The fraction of sp³-hybridized carbons (Fsp3) is 1.00. The standard InChI is InChI=1S/C17H33N3/c1-14-11-17(12-18,13-20(14)15-5-6-15)19-9-4-7-16(2,3)8-10-19/h14-15H,4-13,18H2,1-3H3. The molecule has 0 bridgehead atoms. The fourth-order valence-electron chi connectivity index (χ4n) is 4.53. The number of hydrogen-bond donors (Lipinski definition) is 1. The first-order valence-electron chi connectivity index (χ1n) is 8.67. The third-order valence-electron chi connectivity index (χ3n) is 6.13. The molecule has 1 saturated carbocycles. The van der Waals surface area contributed by atoms with Gasteiger partial charge in [-0.2, -0.15) is 0 Å². The summed E-state index contributed by atoms with van der Waals surface area (Å²) in [5.74, 6) is 0. The number of nitrogens with zero attached hydrogens (tertiary/aromatic N) is 2. The molecule has 0 aromatic carbocycles. The summed E-state index contributed by atoms with van der Waals surface area (Å²) in [7, 11) is 0. The molecule has 1 aliphatic carbocycles. The van der Waals surface area contributed by atoms with Gasteiger partial charge < -0.3 is 5.73 Å². The van der Waals surface area contributed by atoms with Crippen LogP contribution in [0.25, 0.3) is 0 Å². The molecule has 2 aliphatic heterocycles. The quantitative estimate of drug-likeness (QED) is 0.861. The summed E-state index contributed by atoms with van der Waals surface area (Å²) in [4.78, 5) is 5.52. The highest BCUT2D eigenvalue weighted by Gasteiger charge is 2.49. The third-order valence-corrected chi connectivity index (χ3v) is 6.13. The van der Waals surface area contributed by atoms with Crippen molar-refractivity contribution in [1.82, 2.24) is 9.80 Å². The number of rotatable bonds is 3. The minimum Gasteiger partial charge on any atom is -0.329 e. The summed E-state index contributed by atoms with van der Waals surface area (Å²) in [6, 6.07) is 1.60. The van der Waals surface area contributed by atoms with Crippen LogP contribution >= 0.6 is 0 Å². The summed E-state index contributed by atoms with van der Waals surface area (Å²) in [5.41, 5.74) is 7.08. The van der Waals surface area contributed by atoms with Crippen LogP contribution in [0.15, 0.2) is 0 Å². The van der Waals surface area contributed by atoms with Gasteiger partial charge in [0.15, 0.2) is 0 Å². The largest absolute Gasteiger partial charge is 0.329 e. The molecule has 0 radical (unpaired) electrons. The van der Waals surface area contributed by atoms with E-state index in [0.29, 0.717) is 5.41 Å². The Hall–Kier alpha value is -0.120. The van der Waals surface area contributed by atoms with Gasteiger partial charge in [-0.15, -0.1) is 0 Å². The van der Waals surface area contributed by atoms with Gasteiger partial charge in [0.1, 0.15) is 0 Å². The first-order chi connectivity index (χ1) is 9.46. The van der Waals surface area contributed by atoms with Crippen molar-refractivity contribution in [3.63, 3.8) is 0 Å². The van der Waals surface area contributed by atoms with Gasteiger partial charge in [0.25, 0.3) is 0 Å². The molecular formula is C17H33N3. The van der Waals surface area contributed by atoms with Gasteiger partial charge in [-0.3, -0.25) is 9.80 Å². The smallest absolute Gasteiger partial charge is 0.0473 e. The van der Waals surface area contributed by atoms with Gasteiger partial charge >= 0.3 is 0 Å². The molecule has 0 amide bonds. The summed E-state index contributed by atoms with van der Waals surface area (Å²) in [6.07, 6.45) is 8.14. The van der Waals surface area contributed by atoms with Crippen molar-refractivity contribution < 1.29 is 0 Å². The second-order valence-corrected chi connectivity index (χ2v) is 8.39. The van der Waals surface area contributed by atoms with Crippen LogP contribution in [0.5, 0.6) is 0 Å². The average molecular weight is 279 g/mol. The van der Waals surface area contributed by atoms with E-state index in [1.807, 2.05) is 0 Å². The highest BCUT2D eigenvalue weighted by atomic mass is 15.3. The van der Waals surface area contributed by atoms with Crippen LogP contribution in [0.3, 0.4) is 0 Å². The summed E-state index contributed by atoms with van der Waals surface area (Å²) in [5, 5.41) is 0. The predicted octanol–water partition coefficient (Wildman–Crippen LogP) is 2.45. The van der Waals surface area contributed by atoms with Crippen LogP contribution in [-0.2, 0) is 0 Å². The minimum absolute atomic E-state index is 0.266. The van der Waals surface area contributed by atoms with E-state index in [2.05, 4.69) is 30.6 Å².